The molecule has 1 saturated heterocycles. The third kappa shape index (κ3) is 2.01. The molecule has 0 bridgehead atoms. The smallest absolute Gasteiger partial charge is 0.225 e. The number of nitrogens with one attached hydrogen (secondary N) is 1. The van der Waals surface area contributed by atoms with Crippen LogP contribution in [0.4, 0.5) is 5.95 Å². The summed E-state index contributed by atoms with van der Waals surface area (Å²) < 4.78 is 0. The number of anilines is 1. The van der Waals surface area contributed by atoms with Gasteiger partial charge < -0.3 is 10.2 Å². The zero-order valence-corrected chi connectivity index (χ0v) is 8.70. The molecule has 4 nitrogen and oxygen atoms in total. The Hall–Kier alpha value is -1.16. The number of piperazine rings is 1. The average Bonchev–Trinajstić information content (AvgIpc) is 2.19. The highest BCUT2D eigenvalue weighted by Crippen LogP contribution is 2.09. The van der Waals surface area contributed by atoms with Crippen molar-refractivity contribution in [2.75, 3.05) is 24.5 Å². The molecule has 1 N–H and O–H groups in total. The Morgan fingerprint density at radius 2 is 2.14 bits per heavy atom. The first-order chi connectivity index (χ1) is 6.75. The van der Waals surface area contributed by atoms with Crippen LogP contribution in [0.5, 0.6) is 0 Å². The van der Waals surface area contributed by atoms with E-state index >= 15 is 0 Å². The van der Waals surface area contributed by atoms with E-state index in [4.69, 9.17) is 0 Å². The average molecular weight is 192 g/mol. The summed E-state index contributed by atoms with van der Waals surface area (Å²) in [6.07, 6.45) is 3.74. The lowest BCUT2D eigenvalue weighted by Crippen LogP contribution is -2.49. The number of hydrogen-bond acceptors (Lipinski definition) is 4. The molecule has 0 radical (unpaired) electrons. The van der Waals surface area contributed by atoms with Gasteiger partial charge in [-0.1, -0.05) is 0 Å². The number of rotatable bonds is 1. The van der Waals surface area contributed by atoms with Gasteiger partial charge in [-0.3, -0.25) is 0 Å². The van der Waals surface area contributed by atoms with Gasteiger partial charge in [-0.05, 0) is 19.4 Å². The highest BCUT2D eigenvalue weighted by molar-refractivity contribution is 5.30. The summed E-state index contributed by atoms with van der Waals surface area (Å²) in [5.41, 5.74) is 1.11. The zero-order chi connectivity index (χ0) is 9.97. The topological polar surface area (TPSA) is 41.1 Å². The van der Waals surface area contributed by atoms with Crippen LogP contribution in [0.15, 0.2) is 12.4 Å². The second-order valence-electron chi connectivity index (χ2n) is 3.86. The van der Waals surface area contributed by atoms with Gasteiger partial charge in [-0.25, -0.2) is 9.97 Å². The van der Waals surface area contributed by atoms with Crippen LogP contribution in [0.1, 0.15) is 12.5 Å². The van der Waals surface area contributed by atoms with Crippen molar-refractivity contribution in [3.05, 3.63) is 18.0 Å². The van der Waals surface area contributed by atoms with E-state index in [1.54, 1.807) is 0 Å². The molecule has 1 aliphatic rings. The van der Waals surface area contributed by atoms with Gasteiger partial charge in [-0.2, -0.15) is 0 Å². The minimum atomic E-state index is 0.522. The minimum Gasteiger partial charge on any atom is -0.338 e. The molecule has 1 aliphatic heterocycles. The van der Waals surface area contributed by atoms with Crippen molar-refractivity contribution < 1.29 is 0 Å². The fraction of sp³-hybridized carbons (Fsp3) is 0.600. The molecule has 0 aromatic carbocycles. The van der Waals surface area contributed by atoms with E-state index in [1.807, 2.05) is 19.3 Å². The predicted molar refractivity (Wildman–Crippen MR) is 56.4 cm³/mol. The van der Waals surface area contributed by atoms with Gasteiger partial charge >= 0.3 is 0 Å². The van der Waals surface area contributed by atoms with Crippen LogP contribution in [0.3, 0.4) is 0 Å². The monoisotopic (exact) mass is 192 g/mol. The predicted octanol–water partition coefficient (Wildman–Crippen LogP) is 0.583. The first-order valence-corrected chi connectivity index (χ1v) is 5.02. The van der Waals surface area contributed by atoms with Crippen LogP contribution >= 0.6 is 0 Å². The largest absolute Gasteiger partial charge is 0.338 e. The lowest BCUT2D eigenvalue weighted by Gasteiger charge is -2.31. The fourth-order valence-corrected chi connectivity index (χ4v) is 1.66. The summed E-state index contributed by atoms with van der Waals surface area (Å²) in [5.74, 6) is 0.851. The Balaban J connectivity index is 2.10. The normalized spacial score (nSPS) is 22.4. The molecule has 2 rings (SSSR count). The number of hydrogen-bond donors (Lipinski definition) is 1. The van der Waals surface area contributed by atoms with E-state index < -0.39 is 0 Å². The quantitative estimate of drug-likeness (QED) is 0.707. The van der Waals surface area contributed by atoms with E-state index in [1.165, 1.54) is 0 Å². The standard InChI is InChI=1S/C10H16N4/c1-8-5-12-10(13-6-8)14-4-3-11-9(2)7-14/h5-6,9,11H,3-4,7H2,1-2H3/t9-/m0/s1. The Bertz CT molecular complexity index is 295. The maximum atomic E-state index is 4.32. The molecule has 1 aromatic rings. The summed E-state index contributed by atoms with van der Waals surface area (Å²) in [5, 5.41) is 3.40. The minimum absolute atomic E-state index is 0.522. The number of aryl methyl sites for hydroxylation is 1. The van der Waals surface area contributed by atoms with Crippen LogP contribution in [-0.4, -0.2) is 35.6 Å². The Morgan fingerprint density at radius 1 is 1.43 bits per heavy atom. The maximum Gasteiger partial charge on any atom is 0.225 e. The summed E-state index contributed by atoms with van der Waals surface area (Å²) in [6, 6.07) is 0.522. The van der Waals surface area contributed by atoms with Crippen LogP contribution in [0.2, 0.25) is 0 Å². The Morgan fingerprint density at radius 3 is 2.79 bits per heavy atom. The van der Waals surface area contributed by atoms with E-state index in [-0.39, 0.29) is 0 Å². The molecule has 14 heavy (non-hydrogen) atoms. The molecule has 0 saturated carbocycles. The first kappa shape index (κ1) is 9.40. The van der Waals surface area contributed by atoms with E-state index in [2.05, 4.69) is 27.1 Å². The van der Waals surface area contributed by atoms with E-state index in [0.717, 1.165) is 31.1 Å². The Kier molecular flexibility index (Phi) is 2.63. The molecule has 0 amide bonds. The molecule has 1 atom stereocenters. The van der Waals surface area contributed by atoms with Crippen molar-refractivity contribution in [1.82, 2.24) is 15.3 Å². The summed E-state index contributed by atoms with van der Waals surface area (Å²) >= 11 is 0. The zero-order valence-electron chi connectivity index (χ0n) is 8.70. The molecule has 2 heterocycles. The SMILES string of the molecule is Cc1cnc(N2CCN[C@@H](C)C2)nc1. The number of aromatic nitrogens is 2. The maximum absolute atomic E-state index is 4.32. The fourth-order valence-electron chi connectivity index (χ4n) is 1.66. The molecule has 0 spiro atoms. The van der Waals surface area contributed by atoms with Crippen molar-refractivity contribution in [3.63, 3.8) is 0 Å². The molecule has 1 fully saturated rings. The van der Waals surface area contributed by atoms with Crippen LogP contribution < -0.4 is 10.2 Å². The van der Waals surface area contributed by atoms with Crippen molar-refractivity contribution in [3.8, 4) is 0 Å². The summed E-state index contributed by atoms with van der Waals surface area (Å²) in [4.78, 5) is 10.9. The third-order valence-electron chi connectivity index (χ3n) is 2.42. The van der Waals surface area contributed by atoms with E-state index in [9.17, 15) is 0 Å². The lowest BCUT2D eigenvalue weighted by atomic mass is 10.2. The summed E-state index contributed by atoms with van der Waals surface area (Å²) in [6.45, 7) is 7.18. The second kappa shape index (κ2) is 3.92. The van der Waals surface area contributed by atoms with Gasteiger partial charge in [0.05, 0.1) is 0 Å². The molecule has 4 heteroatoms. The molecular formula is C10H16N4. The van der Waals surface area contributed by atoms with Crippen molar-refractivity contribution >= 4 is 5.95 Å². The third-order valence-corrected chi connectivity index (χ3v) is 2.42. The lowest BCUT2D eigenvalue weighted by molar-refractivity contribution is 0.479. The van der Waals surface area contributed by atoms with Gasteiger partial charge in [0, 0.05) is 38.1 Å². The van der Waals surface area contributed by atoms with Gasteiger partial charge in [-0.15, -0.1) is 0 Å². The highest BCUT2D eigenvalue weighted by Gasteiger charge is 2.17. The van der Waals surface area contributed by atoms with Crippen LogP contribution in [-0.2, 0) is 0 Å². The van der Waals surface area contributed by atoms with Gasteiger partial charge in [0.1, 0.15) is 0 Å². The molecule has 1 aromatic heterocycles. The second-order valence-corrected chi connectivity index (χ2v) is 3.86. The first-order valence-electron chi connectivity index (χ1n) is 5.02. The van der Waals surface area contributed by atoms with Crippen LogP contribution in [0.25, 0.3) is 0 Å². The van der Waals surface area contributed by atoms with Crippen molar-refractivity contribution in [2.45, 2.75) is 19.9 Å². The van der Waals surface area contributed by atoms with Crippen LogP contribution in [0, 0.1) is 6.92 Å². The molecule has 0 unspecified atom stereocenters. The number of nitrogens with zero attached hydrogens (tertiary/aromatic N) is 3. The van der Waals surface area contributed by atoms with Gasteiger partial charge in [0.2, 0.25) is 5.95 Å². The molecular weight excluding hydrogens is 176 g/mol. The summed E-state index contributed by atoms with van der Waals surface area (Å²) in [7, 11) is 0. The van der Waals surface area contributed by atoms with Gasteiger partial charge in [0.15, 0.2) is 0 Å². The Labute approximate surface area is 84.4 Å². The van der Waals surface area contributed by atoms with Crippen molar-refractivity contribution in [1.29, 1.82) is 0 Å². The molecule has 0 aliphatic carbocycles. The van der Waals surface area contributed by atoms with Crippen molar-refractivity contribution in [2.24, 2.45) is 0 Å². The van der Waals surface area contributed by atoms with Gasteiger partial charge in [0.25, 0.3) is 0 Å². The molecule has 76 valence electrons. The highest BCUT2D eigenvalue weighted by atomic mass is 15.3. The van der Waals surface area contributed by atoms with E-state index in [0.29, 0.717) is 6.04 Å².